The van der Waals surface area contributed by atoms with Gasteiger partial charge in [-0.15, -0.1) is 6.58 Å². The average Bonchev–Trinajstić information content (AvgIpc) is 1.68. The van der Waals surface area contributed by atoms with Gasteiger partial charge in [0.2, 0.25) is 5.91 Å². The van der Waals surface area contributed by atoms with Crippen molar-refractivity contribution in [3.63, 3.8) is 0 Å². The van der Waals surface area contributed by atoms with Crippen molar-refractivity contribution in [2.45, 2.75) is 0 Å². The van der Waals surface area contributed by atoms with Crippen molar-refractivity contribution in [1.82, 2.24) is 5.32 Å². The Morgan fingerprint density at radius 1 is 1.86 bits per heavy atom. The van der Waals surface area contributed by atoms with Crippen molar-refractivity contribution in [1.29, 1.82) is 0 Å². The third-order valence-corrected chi connectivity index (χ3v) is 0.516. The van der Waals surface area contributed by atoms with E-state index in [9.17, 15) is 4.79 Å². The van der Waals surface area contributed by atoms with Crippen LogP contribution in [0.5, 0.6) is 0 Å². The number of carbonyl (C=O) groups excluding carboxylic acids is 1. The normalized spacial score (nSPS) is 7.57. The SMILES string of the molecule is C=C[CH][13C](=O)NC. The van der Waals surface area contributed by atoms with Crippen LogP contribution in [-0.4, -0.2) is 13.0 Å². The third-order valence-electron chi connectivity index (χ3n) is 0.516. The van der Waals surface area contributed by atoms with Crippen LogP contribution in [0.3, 0.4) is 0 Å². The lowest BCUT2D eigenvalue weighted by molar-refractivity contribution is -0.117. The van der Waals surface area contributed by atoms with Gasteiger partial charge in [-0.3, -0.25) is 4.79 Å². The highest BCUT2D eigenvalue weighted by molar-refractivity contribution is 5.86. The molecule has 2 heteroatoms. The van der Waals surface area contributed by atoms with E-state index in [1.807, 2.05) is 0 Å². The van der Waals surface area contributed by atoms with E-state index in [4.69, 9.17) is 0 Å². The summed E-state index contributed by atoms with van der Waals surface area (Å²) in [4.78, 5) is 10.2. The van der Waals surface area contributed by atoms with Crippen LogP contribution in [0.15, 0.2) is 12.7 Å². The lowest BCUT2D eigenvalue weighted by Gasteiger charge is -1.88. The maximum Gasteiger partial charge on any atom is 0.227 e. The van der Waals surface area contributed by atoms with Crippen molar-refractivity contribution in [2.75, 3.05) is 7.05 Å². The lowest BCUT2D eigenvalue weighted by atomic mass is 10.6. The molecule has 0 saturated heterocycles. The zero-order valence-electron chi connectivity index (χ0n) is 4.27. The Labute approximate surface area is 43.2 Å². The Kier molecular flexibility index (Phi) is 3.02. The maximum atomic E-state index is 10.2. The highest BCUT2D eigenvalue weighted by Crippen LogP contribution is 1.72. The summed E-state index contributed by atoms with van der Waals surface area (Å²) in [6.45, 7) is 3.33. The quantitative estimate of drug-likeness (QED) is 0.489. The number of hydrogen-bond acceptors (Lipinski definition) is 1. The second-order valence-corrected chi connectivity index (χ2v) is 1.02. The standard InChI is InChI=1S/C5H8NO/c1-3-4-5(7)6-2/h3-4H,1H2,2H3,(H,6,7)/i5+1. The summed E-state index contributed by atoms with van der Waals surface area (Å²) < 4.78 is 0. The van der Waals surface area contributed by atoms with Crippen LogP contribution in [-0.2, 0) is 4.79 Å². The molecule has 0 aromatic carbocycles. The largest absolute Gasteiger partial charge is 0.359 e. The van der Waals surface area contributed by atoms with Crippen molar-refractivity contribution in [3.05, 3.63) is 19.1 Å². The highest BCUT2D eigenvalue weighted by atomic mass is 16.2. The van der Waals surface area contributed by atoms with Crippen LogP contribution in [0.2, 0.25) is 0 Å². The van der Waals surface area contributed by atoms with Gasteiger partial charge in [0, 0.05) is 7.05 Å². The summed E-state index contributed by atoms with van der Waals surface area (Å²) in [5, 5.41) is 2.40. The zero-order valence-corrected chi connectivity index (χ0v) is 4.27. The molecular formula is C5H8NO. The fourth-order valence-corrected chi connectivity index (χ4v) is 0.190. The molecule has 0 unspecified atom stereocenters. The van der Waals surface area contributed by atoms with Crippen LogP contribution >= 0.6 is 0 Å². The molecule has 0 bridgehead atoms. The molecule has 1 amide bonds. The van der Waals surface area contributed by atoms with Crippen molar-refractivity contribution >= 4 is 5.91 Å². The molecule has 0 atom stereocenters. The summed E-state index contributed by atoms with van der Waals surface area (Å²) in [6.07, 6.45) is 2.80. The number of nitrogens with one attached hydrogen (secondary N) is 1. The smallest absolute Gasteiger partial charge is 0.227 e. The predicted octanol–water partition coefficient (Wildman–Crippen LogP) is 0.123. The summed E-state index contributed by atoms with van der Waals surface area (Å²) in [6, 6.07) is 0. The average molecular weight is 99.1 g/mol. The van der Waals surface area contributed by atoms with Gasteiger partial charge in [0.25, 0.3) is 0 Å². The minimum absolute atomic E-state index is 0.116. The molecule has 0 aliphatic carbocycles. The first-order valence-electron chi connectivity index (χ1n) is 1.98. The minimum atomic E-state index is -0.116. The molecule has 7 heavy (non-hydrogen) atoms. The Morgan fingerprint density at radius 2 is 2.43 bits per heavy atom. The van der Waals surface area contributed by atoms with Gasteiger partial charge >= 0.3 is 0 Å². The first-order chi connectivity index (χ1) is 3.31. The van der Waals surface area contributed by atoms with E-state index in [0.29, 0.717) is 0 Å². The number of carbonyl (C=O) groups is 1. The van der Waals surface area contributed by atoms with E-state index in [-0.39, 0.29) is 5.91 Å². The molecule has 0 aliphatic rings. The van der Waals surface area contributed by atoms with Crippen LogP contribution in [0.4, 0.5) is 0 Å². The molecule has 1 N–H and O–H groups in total. The number of hydrogen-bond donors (Lipinski definition) is 1. The van der Waals surface area contributed by atoms with Gasteiger partial charge in [0.1, 0.15) is 0 Å². The Hall–Kier alpha value is -0.790. The Bertz CT molecular complexity index is 78.1. The van der Waals surface area contributed by atoms with E-state index in [0.717, 1.165) is 0 Å². The molecule has 0 spiro atoms. The van der Waals surface area contributed by atoms with E-state index in [1.165, 1.54) is 12.5 Å². The van der Waals surface area contributed by atoms with Gasteiger partial charge in [-0.05, 0) is 0 Å². The van der Waals surface area contributed by atoms with E-state index >= 15 is 0 Å². The molecular weight excluding hydrogens is 91.1 g/mol. The zero-order chi connectivity index (χ0) is 5.70. The highest BCUT2D eigenvalue weighted by Gasteiger charge is 1.88. The van der Waals surface area contributed by atoms with E-state index in [1.54, 1.807) is 7.05 Å². The van der Waals surface area contributed by atoms with Gasteiger partial charge in [-0.1, -0.05) is 6.08 Å². The molecule has 0 aliphatic heterocycles. The van der Waals surface area contributed by atoms with Crippen molar-refractivity contribution < 1.29 is 4.79 Å². The van der Waals surface area contributed by atoms with Gasteiger partial charge in [0.05, 0.1) is 6.42 Å². The summed E-state index contributed by atoms with van der Waals surface area (Å²) in [5.41, 5.74) is 0. The van der Waals surface area contributed by atoms with E-state index < -0.39 is 0 Å². The molecule has 0 fully saturated rings. The van der Waals surface area contributed by atoms with Crippen LogP contribution < -0.4 is 5.32 Å². The monoisotopic (exact) mass is 99.1 g/mol. The first-order valence-corrected chi connectivity index (χ1v) is 1.98. The number of rotatable bonds is 2. The fourth-order valence-electron chi connectivity index (χ4n) is 0.190. The third kappa shape index (κ3) is 3.03. The summed E-state index contributed by atoms with van der Waals surface area (Å²) in [5.74, 6) is -0.116. The Balaban J connectivity index is 3.17. The molecule has 1 radical (unpaired) electrons. The second kappa shape index (κ2) is 3.40. The van der Waals surface area contributed by atoms with Crippen LogP contribution in [0.1, 0.15) is 0 Å². The first kappa shape index (κ1) is 6.21. The van der Waals surface area contributed by atoms with Crippen LogP contribution in [0, 0.1) is 6.42 Å². The van der Waals surface area contributed by atoms with Gasteiger partial charge in [-0.25, -0.2) is 0 Å². The predicted molar refractivity (Wildman–Crippen MR) is 28.6 cm³/mol. The second-order valence-electron chi connectivity index (χ2n) is 1.02. The van der Waals surface area contributed by atoms with E-state index in [2.05, 4.69) is 11.9 Å². The Morgan fingerprint density at radius 3 is 2.57 bits per heavy atom. The molecule has 2 nitrogen and oxygen atoms in total. The van der Waals surface area contributed by atoms with Crippen LogP contribution in [0.25, 0.3) is 0 Å². The molecule has 0 aromatic heterocycles. The molecule has 0 rings (SSSR count). The van der Waals surface area contributed by atoms with Gasteiger partial charge < -0.3 is 5.32 Å². The molecule has 39 valence electrons. The summed E-state index contributed by atoms with van der Waals surface area (Å²) in [7, 11) is 1.57. The molecule has 0 heterocycles. The minimum Gasteiger partial charge on any atom is -0.359 e. The topological polar surface area (TPSA) is 29.1 Å². The van der Waals surface area contributed by atoms with Gasteiger partial charge in [-0.2, -0.15) is 0 Å². The molecule has 0 aromatic rings. The van der Waals surface area contributed by atoms with Crippen molar-refractivity contribution in [2.24, 2.45) is 0 Å². The number of amides is 1. The van der Waals surface area contributed by atoms with Gasteiger partial charge in [0.15, 0.2) is 0 Å². The van der Waals surface area contributed by atoms with Crippen molar-refractivity contribution in [3.8, 4) is 0 Å². The lowest BCUT2D eigenvalue weighted by Crippen LogP contribution is -2.16. The maximum absolute atomic E-state index is 10.2. The molecule has 0 saturated carbocycles. The fraction of sp³-hybridized carbons (Fsp3) is 0.200. The summed E-state index contributed by atoms with van der Waals surface area (Å²) >= 11 is 0.